The Morgan fingerprint density at radius 2 is 1.75 bits per heavy atom. The van der Waals surface area contributed by atoms with E-state index < -0.39 is 5.82 Å². The molecule has 0 radical (unpaired) electrons. The number of ketones is 1. The van der Waals surface area contributed by atoms with Crippen LogP contribution in [0.15, 0.2) is 54.7 Å². The fraction of sp³-hybridized carbons (Fsp3) is 0.0588. The summed E-state index contributed by atoms with van der Waals surface area (Å²) in [5.41, 5.74) is 1.77. The van der Waals surface area contributed by atoms with Crippen LogP contribution in [0.25, 0.3) is 10.9 Å². The van der Waals surface area contributed by atoms with Crippen LogP contribution in [0, 0.1) is 12.7 Å². The number of hydrogen-bond donors (Lipinski definition) is 0. The van der Waals surface area contributed by atoms with Crippen molar-refractivity contribution in [1.82, 2.24) is 4.98 Å². The lowest BCUT2D eigenvalue weighted by Crippen LogP contribution is -2.06. The molecule has 3 aromatic rings. The van der Waals surface area contributed by atoms with Gasteiger partial charge in [-0.05, 0) is 30.7 Å². The zero-order valence-electron chi connectivity index (χ0n) is 10.9. The number of fused-ring (bicyclic) bond motifs is 1. The topological polar surface area (TPSA) is 30.0 Å². The van der Waals surface area contributed by atoms with E-state index in [4.69, 9.17) is 0 Å². The molecule has 0 spiro atoms. The van der Waals surface area contributed by atoms with Crippen LogP contribution in [-0.2, 0) is 0 Å². The molecule has 0 saturated carbocycles. The van der Waals surface area contributed by atoms with E-state index in [-0.39, 0.29) is 11.3 Å². The van der Waals surface area contributed by atoms with Gasteiger partial charge in [0.25, 0.3) is 0 Å². The molecular formula is C17H12FNO. The Morgan fingerprint density at radius 3 is 2.60 bits per heavy atom. The first-order chi connectivity index (χ1) is 9.68. The smallest absolute Gasteiger partial charge is 0.196 e. The number of benzene rings is 2. The van der Waals surface area contributed by atoms with Crippen molar-refractivity contribution in [3.8, 4) is 0 Å². The third-order valence-corrected chi connectivity index (χ3v) is 3.33. The summed E-state index contributed by atoms with van der Waals surface area (Å²) >= 11 is 0. The van der Waals surface area contributed by atoms with Crippen LogP contribution >= 0.6 is 0 Å². The Hall–Kier alpha value is -2.55. The van der Waals surface area contributed by atoms with E-state index in [1.165, 1.54) is 6.07 Å². The lowest BCUT2D eigenvalue weighted by molar-refractivity contribution is 0.103. The zero-order valence-corrected chi connectivity index (χ0v) is 10.9. The molecule has 3 rings (SSSR count). The van der Waals surface area contributed by atoms with Crippen LogP contribution in [-0.4, -0.2) is 10.8 Å². The van der Waals surface area contributed by atoms with E-state index in [1.54, 1.807) is 43.5 Å². The number of rotatable bonds is 2. The first kappa shape index (κ1) is 12.5. The molecule has 0 N–H and O–H groups in total. The first-order valence-corrected chi connectivity index (χ1v) is 6.32. The molecule has 2 aromatic carbocycles. The van der Waals surface area contributed by atoms with E-state index in [0.717, 1.165) is 10.9 Å². The predicted molar refractivity (Wildman–Crippen MR) is 76.3 cm³/mol. The highest BCUT2D eigenvalue weighted by molar-refractivity contribution is 6.16. The number of aromatic nitrogens is 1. The van der Waals surface area contributed by atoms with E-state index in [1.807, 2.05) is 12.1 Å². The third-order valence-electron chi connectivity index (χ3n) is 3.33. The molecule has 20 heavy (non-hydrogen) atoms. The van der Waals surface area contributed by atoms with Gasteiger partial charge < -0.3 is 0 Å². The van der Waals surface area contributed by atoms with Crippen LogP contribution in [0.4, 0.5) is 4.39 Å². The zero-order chi connectivity index (χ0) is 14.1. The molecule has 2 nitrogen and oxygen atoms in total. The molecular weight excluding hydrogens is 253 g/mol. The van der Waals surface area contributed by atoms with Gasteiger partial charge in [-0.15, -0.1) is 0 Å². The minimum Gasteiger partial charge on any atom is -0.288 e. The fourth-order valence-electron chi connectivity index (χ4n) is 2.27. The molecule has 0 amide bonds. The standard InChI is InChI=1S/C17H12FNO/c1-11-5-2-7-14(16(11)18)17(20)13-6-3-9-15-12(13)8-4-10-19-15/h2-10H,1H3. The van der Waals surface area contributed by atoms with Gasteiger partial charge in [-0.1, -0.05) is 30.3 Å². The van der Waals surface area contributed by atoms with E-state index in [2.05, 4.69) is 4.98 Å². The summed E-state index contributed by atoms with van der Waals surface area (Å²) in [6.07, 6.45) is 1.67. The van der Waals surface area contributed by atoms with Crippen LogP contribution in [0.2, 0.25) is 0 Å². The van der Waals surface area contributed by atoms with Crippen molar-refractivity contribution >= 4 is 16.7 Å². The lowest BCUT2D eigenvalue weighted by Gasteiger charge is -2.07. The number of hydrogen-bond acceptors (Lipinski definition) is 2. The average Bonchev–Trinajstić information content (AvgIpc) is 2.49. The predicted octanol–water partition coefficient (Wildman–Crippen LogP) is 3.91. The second-order valence-corrected chi connectivity index (χ2v) is 4.64. The number of pyridine rings is 1. The highest BCUT2D eigenvalue weighted by Gasteiger charge is 2.17. The minimum atomic E-state index is -0.460. The molecule has 1 heterocycles. The average molecular weight is 265 g/mol. The van der Waals surface area contributed by atoms with E-state index in [0.29, 0.717) is 11.1 Å². The van der Waals surface area contributed by atoms with Gasteiger partial charge in [-0.25, -0.2) is 4.39 Å². The van der Waals surface area contributed by atoms with Gasteiger partial charge in [-0.2, -0.15) is 0 Å². The second kappa shape index (κ2) is 4.85. The third kappa shape index (κ3) is 1.97. The molecule has 0 bridgehead atoms. The molecule has 1 aromatic heterocycles. The minimum absolute atomic E-state index is 0.0985. The summed E-state index contributed by atoms with van der Waals surface area (Å²) in [7, 11) is 0. The monoisotopic (exact) mass is 265 g/mol. The van der Waals surface area contributed by atoms with Crippen LogP contribution < -0.4 is 0 Å². The van der Waals surface area contributed by atoms with Crippen molar-refractivity contribution in [3.63, 3.8) is 0 Å². The Morgan fingerprint density at radius 1 is 1.00 bits per heavy atom. The normalized spacial score (nSPS) is 10.7. The van der Waals surface area contributed by atoms with Crippen molar-refractivity contribution in [2.45, 2.75) is 6.92 Å². The summed E-state index contributed by atoms with van der Waals surface area (Å²) < 4.78 is 14.1. The van der Waals surface area contributed by atoms with Gasteiger partial charge in [0, 0.05) is 17.1 Å². The van der Waals surface area contributed by atoms with Gasteiger partial charge >= 0.3 is 0 Å². The molecule has 3 heteroatoms. The van der Waals surface area contributed by atoms with Crippen LogP contribution in [0.5, 0.6) is 0 Å². The van der Waals surface area contributed by atoms with Crippen molar-refractivity contribution in [1.29, 1.82) is 0 Å². The second-order valence-electron chi connectivity index (χ2n) is 4.64. The van der Waals surface area contributed by atoms with Crippen molar-refractivity contribution < 1.29 is 9.18 Å². The summed E-state index contributed by atoms with van der Waals surface area (Å²) in [5, 5.41) is 0.737. The Bertz CT molecular complexity index is 806. The molecule has 0 aliphatic carbocycles. The van der Waals surface area contributed by atoms with Crippen molar-refractivity contribution in [2.75, 3.05) is 0 Å². The Balaban J connectivity index is 2.21. The number of aryl methyl sites for hydroxylation is 1. The van der Waals surface area contributed by atoms with Crippen molar-refractivity contribution in [2.24, 2.45) is 0 Å². The van der Waals surface area contributed by atoms with Gasteiger partial charge in [0.1, 0.15) is 5.82 Å². The molecule has 0 unspecified atom stereocenters. The summed E-state index contributed by atoms with van der Waals surface area (Å²) in [5.74, 6) is -0.775. The highest BCUT2D eigenvalue weighted by atomic mass is 19.1. The quantitative estimate of drug-likeness (QED) is 0.657. The van der Waals surface area contributed by atoms with Crippen LogP contribution in [0.1, 0.15) is 21.5 Å². The molecule has 0 aliphatic rings. The number of carbonyl (C=O) groups excluding carboxylic acids is 1. The van der Waals surface area contributed by atoms with E-state index >= 15 is 0 Å². The maximum Gasteiger partial charge on any atom is 0.196 e. The summed E-state index contributed by atoms with van der Waals surface area (Å²) in [4.78, 5) is 16.8. The van der Waals surface area contributed by atoms with E-state index in [9.17, 15) is 9.18 Å². The molecule has 0 aliphatic heterocycles. The Labute approximate surface area is 115 Å². The first-order valence-electron chi connectivity index (χ1n) is 6.32. The number of halogens is 1. The molecule has 98 valence electrons. The van der Waals surface area contributed by atoms with Gasteiger partial charge in [0.2, 0.25) is 0 Å². The fourth-order valence-corrected chi connectivity index (χ4v) is 2.27. The maximum absolute atomic E-state index is 14.1. The maximum atomic E-state index is 14.1. The molecule has 0 saturated heterocycles. The number of nitrogens with zero attached hydrogens (tertiary/aromatic N) is 1. The van der Waals surface area contributed by atoms with Crippen molar-refractivity contribution in [3.05, 3.63) is 77.2 Å². The summed E-state index contributed by atoms with van der Waals surface area (Å²) in [6, 6.07) is 13.7. The van der Waals surface area contributed by atoms with Crippen LogP contribution in [0.3, 0.4) is 0 Å². The molecule has 0 atom stereocenters. The lowest BCUT2D eigenvalue weighted by atomic mass is 9.97. The largest absolute Gasteiger partial charge is 0.288 e. The number of carbonyl (C=O) groups is 1. The van der Waals surface area contributed by atoms with Gasteiger partial charge in [0.15, 0.2) is 5.78 Å². The molecule has 0 fully saturated rings. The highest BCUT2D eigenvalue weighted by Crippen LogP contribution is 2.22. The van der Waals surface area contributed by atoms with Gasteiger partial charge in [0.05, 0.1) is 11.1 Å². The SMILES string of the molecule is Cc1cccc(C(=O)c2cccc3ncccc23)c1F. The summed E-state index contributed by atoms with van der Waals surface area (Å²) in [6.45, 7) is 1.65. The van der Waals surface area contributed by atoms with Gasteiger partial charge in [-0.3, -0.25) is 9.78 Å². The Kier molecular flexibility index (Phi) is 3.03.